The molecule has 0 saturated carbocycles. The molecule has 0 atom stereocenters. The van der Waals surface area contributed by atoms with E-state index in [1.165, 1.54) is 28.4 Å². The number of carbonyl (C=O) groups excluding carboxylic acids is 2. The van der Waals surface area contributed by atoms with Gasteiger partial charge in [0.15, 0.2) is 6.61 Å². The van der Waals surface area contributed by atoms with Gasteiger partial charge in [-0.05, 0) is 48.6 Å². The number of hydrogen-bond acceptors (Lipinski definition) is 7. The van der Waals surface area contributed by atoms with Crippen LogP contribution < -0.4 is 4.74 Å². The topological polar surface area (TPSA) is 93.2 Å². The van der Waals surface area contributed by atoms with E-state index in [-0.39, 0.29) is 30.5 Å². The first-order valence-electron chi connectivity index (χ1n) is 9.88. The monoisotopic (exact) mass is 466 g/mol. The maximum absolute atomic E-state index is 12.8. The van der Waals surface area contributed by atoms with Crippen LogP contribution in [0, 0.1) is 5.92 Å². The van der Waals surface area contributed by atoms with Crippen molar-refractivity contribution in [3.05, 3.63) is 46.7 Å². The second-order valence-corrected chi connectivity index (χ2v) is 10.3. The van der Waals surface area contributed by atoms with Crippen LogP contribution in [0.3, 0.4) is 0 Å². The lowest BCUT2D eigenvalue weighted by Crippen LogP contribution is -2.41. The molecule has 168 valence electrons. The van der Waals surface area contributed by atoms with Gasteiger partial charge in [-0.3, -0.25) is 9.59 Å². The summed E-state index contributed by atoms with van der Waals surface area (Å²) in [5.41, 5.74) is 0. The Bertz CT molecular complexity index is 981. The van der Waals surface area contributed by atoms with Crippen molar-refractivity contribution < 1.29 is 27.5 Å². The normalized spacial score (nSPS) is 15.4. The van der Waals surface area contributed by atoms with Crippen LogP contribution in [0.1, 0.15) is 17.7 Å². The Morgan fingerprint density at radius 2 is 1.84 bits per heavy atom. The number of benzene rings is 1. The minimum Gasteiger partial charge on any atom is -0.497 e. The first kappa shape index (κ1) is 23.2. The van der Waals surface area contributed by atoms with E-state index in [2.05, 4.69) is 0 Å². The van der Waals surface area contributed by atoms with E-state index in [0.717, 1.165) is 4.88 Å². The number of piperidine rings is 1. The van der Waals surface area contributed by atoms with Crippen LogP contribution in [-0.2, 0) is 30.9 Å². The number of esters is 1. The summed E-state index contributed by atoms with van der Waals surface area (Å²) < 4.78 is 37.2. The number of ether oxygens (including phenoxy) is 2. The molecule has 31 heavy (non-hydrogen) atoms. The number of methoxy groups -OCH3 is 1. The largest absolute Gasteiger partial charge is 0.497 e. The summed E-state index contributed by atoms with van der Waals surface area (Å²) >= 11 is 1.56. The van der Waals surface area contributed by atoms with Crippen molar-refractivity contribution in [2.75, 3.05) is 33.9 Å². The van der Waals surface area contributed by atoms with Crippen LogP contribution in [0.25, 0.3) is 0 Å². The van der Waals surface area contributed by atoms with Crippen molar-refractivity contribution in [3.8, 4) is 5.75 Å². The Hall–Kier alpha value is -2.43. The fourth-order valence-electron chi connectivity index (χ4n) is 3.31. The number of likely N-dealkylation sites (N-methyl/N-ethyl adjacent to an activating group) is 1. The highest BCUT2D eigenvalue weighted by Gasteiger charge is 2.33. The van der Waals surface area contributed by atoms with Crippen molar-refractivity contribution in [2.45, 2.75) is 24.3 Å². The van der Waals surface area contributed by atoms with Gasteiger partial charge in [0.25, 0.3) is 5.91 Å². The third-order valence-electron chi connectivity index (χ3n) is 5.22. The van der Waals surface area contributed by atoms with Gasteiger partial charge < -0.3 is 14.4 Å². The van der Waals surface area contributed by atoms with E-state index in [1.54, 1.807) is 30.5 Å². The molecule has 0 unspecified atom stereocenters. The summed E-state index contributed by atoms with van der Waals surface area (Å²) in [7, 11) is -0.451. The van der Waals surface area contributed by atoms with Crippen molar-refractivity contribution in [1.29, 1.82) is 0 Å². The number of nitrogens with zero attached hydrogens (tertiary/aromatic N) is 2. The Morgan fingerprint density at radius 3 is 2.42 bits per heavy atom. The summed E-state index contributed by atoms with van der Waals surface area (Å²) in [5, 5.41) is 1.94. The van der Waals surface area contributed by atoms with E-state index in [0.29, 0.717) is 25.1 Å². The lowest BCUT2D eigenvalue weighted by molar-refractivity contribution is -0.156. The molecule has 0 radical (unpaired) electrons. The molecular weight excluding hydrogens is 440 g/mol. The van der Waals surface area contributed by atoms with Crippen molar-refractivity contribution >= 4 is 33.2 Å². The molecule has 0 bridgehead atoms. The van der Waals surface area contributed by atoms with Crippen molar-refractivity contribution in [2.24, 2.45) is 5.92 Å². The third kappa shape index (κ3) is 5.84. The lowest BCUT2D eigenvalue weighted by Gasteiger charge is -2.30. The van der Waals surface area contributed by atoms with Gasteiger partial charge in [0.05, 0.1) is 24.5 Å². The molecule has 1 fully saturated rings. The minimum absolute atomic E-state index is 0.189. The lowest BCUT2D eigenvalue weighted by atomic mass is 9.98. The quantitative estimate of drug-likeness (QED) is 0.555. The Kier molecular flexibility index (Phi) is 7.69. The van der Waals surface area contributed by atoms with Crippen LogP contribution in [0.5, 0.6) is 5.75 Å². The number of sulfonamides is 1. The summed E-state index contributed by atoms with van der Waals surface area (Å²) in [5.74, 6) is -0.575. The van der Waals surface area contributed by atoms with Gasteiger partial charge in [0.2, 0.25) is 10.0 Å². The van der Waals surface area contributed by atoms with Gasteiger partial charge in [0.1, 0.15) is 5.75 Å². The fraction of sp³-hybridized carbons (Fsp3) is 0.429. The summed E-state index contributed by atoms with van der Waals surface area (Å²) in [6.07, 6.45) is 0.709. The molecule has 0 spiro atoms. The predicted molar refractivity (Wildman–Crippen MR) is 116 cm³/mol. The van der Waals surface area contributed by atoms with Crippen LogP contribution >= 0.6 is 11.3 Å². The van der Waals surface area contributed by atoms with E-state index in [9.17, 15) is 18.0 Å². The molecule has 2 heterocycles. The van der Waals surface area contributed by atoms with Gasteiger partial charge in [-0.25, -0.2) is 8.42 Å². The molecule has 0 N–H and O–H groups in total. The van der Waals surface area contributed by atoms with Crippen LogP contribution in [-0.4, -0.2) is 63.4 Å². The third-order valence-corrected chi connectivity index (χ3v) is 8.00. The average Bonchev–Trinajstić information content (AvgIpc) is 3.30. The van der Waals surface area contributed by atoms with E-state index in [4.69, 9.17) is 9.47 Å². The van der Waals surface area contributed by atoms with Gasteiger partial charge in [-0.2, -0.15) is 4.31 Å². The average molecular weight is 467 g/mol. The van der Waals surface area contributed by atoms with Gasteiger partial charge in [-0.15, -0.1) is 11.3 Å². The molecule has 1 aromatic carbocycles. The van der Waals surface area contributed by atoms with Crippen LogP contribution in [0.4, 0.5) is 0 Å². The predicted octanol–water partition coefficient (Wildman–Crippen LogP) is 2.36. The molecule has 1 aliphatic heterocycles. The number of carbonyl (C=O) groups is 2. The molecule has 1 aliphatic rings. The van der Waals surface area contributed by atoms with Gasteiger partial charge in [0, 0.05) is 25.0 Å². The summed E-state index contributed by atoms with van der Waals surface area (Å²) in [4.78, 5) is 27.3. The van der Waals surface area contributed by atoms with E-state index < -0.39 is 21.9 Å². The molecule has 3 rings (SSSR count). The zero-order valence-electron chi connectivity index (χ0n) is 17.5. The molecule has 1 saturated heterocycles. The molecule has 1 amide bonds. The smallest absolute Gasteiger partial charge is 0.309 e. The molecule has 1 aromatic heterocycles. The Morgan fingerprint density at radius 1 is 1.16 bits per heavy atom. The highest BCUT2D eigenvalue weighted by atomic mass is 32.2. The Labute approximate surface area is 186 Å². The summed E-state index contributed by atoms with van der Waals surface area (Å²) in [6, 6.07) is 10.1. The molecule has 2 aromatic rings. The summed E-state index contributed by atoms with van der Waals surface area (Å²) in [6.45, 7) is 0.599. The van der Waals surface area contributed by atoms with E-state index >= 15 is 0 Å². The van der Waals surface area contributed by atoms with Crippen molar-refractivity contribution in [3.63, 3.8) is 0 Å². The SMILES string of the molecule is COc1ccc(S(=O)(=O)N2CCC(C(=O)OCC(=O)N(C)Cc3cccs3)CC2)cc1. The minimum atomic E-state index is -3.63. The second-order valence-electron chi connectivity index (χ2n) is 7.29. The van der Waals surface area contributed by atoms with Crippen LogP contribution in [0.15, 0.2) is 46.7 Å². The zero-order valence-corrected chi connectivity index (χ0v) is 19.2. The second kappa shape index (κ2) is 10.3. The van der Waals surface area contributed by atoms with Crippen molar-refractivity contribution in [1.82, 2.24) is 9.21 Å². The van der Waals surface area contributed by atoms with E-state index in [1.807, 2.05) is 17.5 Å². The first-order valence-corrected chi connectivity index (χ1v) is 12.2. The van der Waals surface area contributed by atoms with Gasteiger partial charge in [-0.1, -0.05) is 6.07 Å². The molecule has 0 aliphatic carbocycles. The fourth-order valence-corrected chi connectivity index (χ4v) is 5.54. The van der Waals surface area contributed by atoms with Gasteiger partial charge >= 0.3 is 5.97 Å². The first-order chi connectivity index (χ1) is 14.8. The Balaban J connectivity index is 1.47. The highest BCUT2D eigenvalue weighted by Crippen LogP contribution is 2.25. The number of amides is 1. The maximum atomic E-state index is 12.8. The standard InChI is InChI=1S/C21H26N2O6S2/c1-22(14-18-4-3-13-30-18)20(24)15-29-21(25)16-9-11-23(12-10-16)31(26,27)19-7-5-17(28-2)6-8-19/h3-8,13,16H,9-12,14-15H2,1-2H3. The number of rotatable bonds is 8. The highest BCUT2D eigenvalue weighted by molar-refractivity contribution is 7.89. The molecular formula is C21H26N2O6S2. The van der Waals surface area contributed by atoms with Crippen LogP contribution in [0.2, 0.25) is 0 Å². The molecule has 8 nitrogen and oxygen atoms in total. The molecule has 10 heteroatoms. The maximum Gasteiger partial charge on any atom is 0.309 e. The number of hydrogen-bond donors (Lipinski definition) is 0. The zero-order chi connectivity index (χ0) is 22.4. The number of thiophene rings is 1.